The van der Waals surface area contributed by atoms with Gasteiger partial charge in [-0.2, -0.15) is 5.10 Å². The van der Waals surface area contributed by atoms with Crippen LogP contribution in [-0.2, 0) is 0 Å². The van der Waals surface area contributed by atoms with Gasteiger partial charge in [-0.15, -0.1) is 0 Å². The van der Waals surface area contributed by atoms with Gasteiger partial charge in [0.1, 0.15) is 5.56 Å². The summed E-state index contributed by atoms with van der Waals surface area (Å²) < 4.78 is 1.86. The topological polar surface area (TPSA) is 109 Å². The molecule has 0 aliphatic heterocycles. The third-order valence-corrected chi connectivity index (χ3v) is 6.87. The molecule has 7 nitrogen and oxygen atoms in total. The van der Waals surface area contributed by atoms with E-state index in [0.29, 0.717) is 17.4 Å². The Hall–Kier alpha value is -2.67. The minimum absolute atomic E-state index is 0.0396. The lowest BCUT2D eigenvalue weighted by Gasteiger charge is -2.33. The smallest absolute Gasteiger partial charge is 0.254 e. The molecule has 1 aromatic heterocycles. The number of hydrogen-bond donors (Lipinski definition) is 4. The molecule has 1 aromatic carbocycles. The van der Waals surface area contributed by atoms with E-state index in [1.54, 1.807) is 12.4 Å². The number of amides is 1. The summed E-state index contributed by atoms with van der Waals surface area (Å²) in [5.41, 5.74) is 7.02. The maximum absolute atomic E-state index is 12.1. The van der Waals surface area contributed by atoms with Crippen molar-refractivity contribution in [2.75, 3.05) is 5.32 Å². The van der Waals surface area contributed by atoms with E-state index in [1.165, 1.54) is 12.8 Å². The number of anilines is 2. The largest absolute Gasteiger partial charge is 0.365 e. The number of nitrogens with one attached hydrogen (secondary N) is 3. The number of carbonyl (C=O) groups excluding carboxylic acids is 1. The standard InChI is InChI=1S/C24H34N6O/c1-24(2,17-11-12-17)28-19-9-6-10-21(16(13-19)14-25)30-15-20(22(26)31)23(29-30)27-18-7-4-3-5-8-18/h3-5,7-8,14-17,19,21,25,28H,6,9-13H2,1-2H3,(H2,26,31)(H,27,29)/t16-,19+,21?/m1/s1. The van der Waals surface area contributed by atoms with Crippen molar-refractivity contribution in [1.29, 1.82) is 5.41 Å². The van der Waals surface area contributed by atoms with E-state index in [1.807, 2.05) is 35.0 Å². The fourth-order valence-corrected chi connectivity index (χ4v) is 4.97. The second-order valence-corrected chi connectivity index (χ2v) is 9.63. The molecule has 1 amide bonds. The Morgan fingerprint density at radius 2 is 1.97 bits per heavy atom. The molecule has 166 valence electrons. The Bertz CT molecular complexity index is 917. The van der Waals surface area contributed by atoms with E-state index in [0.717, 1.165) is 37.3 Å². The van der Waals surface area contributed by atoms with E-state index in [-0.39, 0.29) is 17.5 Å². The van der Waals surface area contributed by atoms with Gasteiger partial charge in [0.15, 0.2) is 5.82 Å². The highest BCUT2D eigenvalue weighted by molar-refractivity contribution is 5.98. The minimum atomic E-state index is -0.504. The van der Waals surface area contributed by atoms with Gasteiger partial charge in [0.05, 0.1) is 6.04 Å². The summed E-state index contributed by atoms with van der Waals surface area (Å²) in [6.07, 6.45) is 9.90. The van der Waals surface area contributed by atoms with Gasteiger partial charge in [0, 0.05) is 35.6 Å². The lowest BCUT2D eigenvalue weighted by molar-refractivity contribution is 0.100. The van der Waals surface area contributed by atoms with Crippen LogP contribution in [0.5, 0.6) is 0 Å². The Morgan fingerprint density at radius 1 is 1.23 bits per heavy atom. The first-order valence-electron chi connectivity index (χ1n) is 11.4. The van der Waals surface area contributed by atoms with Gasteiger partial charge in [-0.05, 0) is 70.4 Å². The van der Waals surface area contributed by atoms with Gasteiger partial charge in [0.2, 0.25) is 0 Å². The van der Waals surface area contributed by atoms with Crippen molar-refractivity contribution >= 4 is 23.6 Å². The molecule has 0 saturated heterocycles. The van der Waals surface area contributed by atoms with Crippen molar-refractivity contribution in [2.45, 2.75) is 70.0 Å². The molecule has 1 heterocycles. The van der Waals surface area contributed by atoms with Crippen LogP contribution in [0.1, 0.15) is 68.8 Å². The van der Waals surface area contributed by atoms with Crippen molar-refractivity contribution in [2.24, 2.45) is 17.6 Å². The number of aromatic nitrogens is 2. The normalized spacial score (nSPS) is 24.4. The highest BCUT2D eigenvalue weighted by Crippen LogP contribution is 2.41. The minimum Gasteiger partial charge on any atom is -0.365 e. The van der Waals surface area contributed by atoms with Crippen molar-refractivity contribution in [3.05, 3.63) is 42.1 Å². The first-order valence-corrected chi connectivity index (χ1v) is 11.4. The van der Waals surface area contributed by atoms with E-state index >= 15 is 0 Å². The van der Waals surface area contributed by atoms with Crippen LogP contribution in [0.25, 0.3) is 0 Å². The zero-order chi connectivity index (χ0) is 22.0. The van der Waals surface area contributed by atoms with Crippen LogP contribution in [0.15, 0.2) is 36.5 Å². The van der Waals surface area contributed by atoms with Crippen molar-refractivity contribution in [3.8, 4) is 0 Å². The van der Waals surface area contributed by atoms with Crippen LogP contribution >= 0.6 is 0 Å². The fraction of sp³-hybridized carbons (Fsp3) is 0.542. The molecule has 0 bridgehead atoms. The fourth-order valence-electron chi connectivity index (χ4n) is 4.97. The van der Waals surface area contributed by atoms with E-state index < -0.39 is 5.91 Å². The zero-order valence-corrected chi connectivity index (χ0v) is 18.5. The van der Waals surface area contributed by atoms with E-state index in [9.17, 15) is 4.79 Å². The molecule has 5 N–H and O–H groups in total. The Kier molecular flexibility index (Phi) is 6.14. The number of rotatable bonds is 8. The summed E-state index contributed by atoms with van der Waals surface area (Å²) in [5, 5.41) is 19.9. The van der Waals surface area contributed by atoms with Crippen molar-refractivity contribution in [1.82, 2.24) is 15.1 Å². The Morgan fingerprint density at radius 3 is 2.61 bits per heavy atom. The van der Waals surface area contributed by atoms with Gasteiger partial charge in [-0.1, -0.05) is 18.2 Å². The summed E-state index contributed by atoms with van der Waals surface area (Å²) in [5.74, 6) is 0.785. The van der Waals surface area contributed by atoms with Gasteiger partial charge >= 0.3 is 0 Å². The first-order chi connectivity index (χ1) is 14.9. The number of hydrogen-bond acceptors (Lipinski definition) is 5. The van der Waals surface area contributed by atoms with Crippen LogP contribution in [0.4, 0.5) is 11.5 Å². The molecule has 2 fully saturated rings. The average molecular weight is 423 g/mol. The van der Waals surface area contributed by atoms with Crippen molar-refractivity contribution in [3.63, 3.8) is 0 Å². The van der Waals surface area contributed by atoms with Crippen molar-refractivity contribution < 1.29 is 4.79 Å². The summed E-state index contributed by atoms with van der Waals surface area (Å²) in [6, 6.07) is 10.1. The number of primary amides is 1. The third-order valence-electron chi connectivity index (χ3n) is 6.87. The molecule has 2 aliphatic rings. The summed E-state index contributed by atoms with van der Waals surface area (Å²) in [7, 11) is 0. The number of para-hydroxylation sites is 1. The summed E-state index contributed by atoms with van der Waals surface area (Å²) in [6.45, 7) is 4.61. The summed E-state index contributed by atoms with van der Waals surface area (Å²) in [4.78, 5) is 12.1. The molecule has 2 saturated carbocycles. The lowest BCUT2D eigenvalue weighted by Crippen LogP contribution is -2.48. The van der Waals surface area contributed by atoms with Crippen LogP contribution in [0.2, 0.25) is 0 Å². The lowest BCUT2D eigenvalue weighted by atomic mass is 9.91. The predicted molar refractivity (Wildman–Crippen MR) is 124 cm³/mol. The molecule has 31 heavy (non-hydrogen) atoms. The molecular weight excluding hydrogens is 388 g/mol. The SMILES string of the molecule is CC(C)(N[C@H]1CCCC(n2cc(C(N)=O)c(Nc3ccccc3)n2)[C@@H](C=N)C1)C1CC1. The monoisotopic (exact) mass is 422 g/mol. The molecule has 3 atom stereocenters. The van der Waals surface area contributed by atoms with Gasteiger partial charge in [-0.25, -0.2) is 0 Å². The van der Waals surface area contributed by atoms with Crippen LogP contribution in [0.3, 0.4) is 0 Å². The Labute approximate surface area is 184 Å². The molecule has 1 unspecified atom stereocenters. The maximum atomic E-state index is 12.1. The first kappa shape index (κ1) is 21.6. The molecule has 7 heteroatoms. The van der Waals surface area contributed by atoms with Crippen LogP contribution < -0.4 is 16.4 Å². The molecule has 2 aromatic rings. The van der Waals surface area contributed by atoms with Gasteiger partial charge < -0.3 is 21.8 Å². The summed E-state index contributed by atoms with van der Waals surface area (Å²) >= 11 is 0. The molecular formula is C24H34N6O. The number of carbonyl (C=O) groups is 1. The molecule has 2 aliphatic carbocycles. The quantitative estimate of drug-likeness (QED) is 0.376. The van der Waals surface area contributed by atoms with E-state index in [4.69, 9.17) is 16.2 Å². The molecule has 0 radical (unpaired) electrons. The molecule has 4 rings (SSSR count). The predicted octanol–water partition coefficient (Wildman–Crippen LogP) is 4.25. The number of benzene rings is 1. The highest BCUT2D eigenvalue weighted by atomic mass is 16.1. The maximum Gasteiger partial charge on any atom is 0.254 e. The zero-order valence-electron chi connectivity index (χ0n) is 18.5. The molecule has 0 spiro atoms. The Balaban J connectivity index is 1.54. The second-order valence-electron chi connectivity index (χ2n) is 9.63. The number of nitrogens with two attached hydrogens (primary N) is 1. The van der Waals surface area contributed by atoms with Gasteiger partial charge in [-0.3, -0.25) is 9.48 Å². The van der Waals surface area contributed by atoms with Gasteiger partial charge in [0.25, 0.3) is 5.91 Å². The third kappa shape index (κ3) is 4.98. The van der Waals surface area contributed by atoms with Crippen LogP contribution in [-0.4, -0.2) is 33.5 Å². The highest BCUT2D eigenvalue weighted by Gasteiger charge is 2.40. The second kappa shape index (κ2) is 8.83. The average Bonchev–Trinajstić information content (AvgIpc) is 3.54. The van der Waals surface area contributed by atoms with E-state index in [2.05, 4.69) is 24.5 Å². The van der Waals surface area contributed by atoms with Crippen LogP contribution in [0, 0.1) is 17.2 Å². The number of nitrogens with zero attached hydrogens (tertiary/aromatic N) is 2.